The number of aromatic nitrogens is 4. The highest BCUT2D eigenvalue weighted by atomic mass is 35.5. The summed E-state index contributed by atoms with van der Waals surface area (Å²) in [6.07, 6.45) is 1.60. The molecule has 1 aromatic carbocycles. The molecule has 2 heterocycles. The van der Waals surface area contributed by atoms with Crippen LogP contribution in [0.4, 0.5) is 5.69 Å². The maximum Gasteiger partial charge on any atom is 0.273 e. The van der Waals surface area contributed by atoms with E-state index >= 15 is 0 Å². The molecule has 2 amide bonds. The number of benzene rings is 1. The van der Waals surface area contributed by atoms with Crippen LogP contribution in [0, 0.1) is 0 Å². The van der Waals surface area contributed by atoms with Crippen LogP contribution >= 0.6 is 23.2 Å². The van der Waals surface area contributed by atoms with E-state index in [0.29, 0.717) is 33.5 Å². The monoisotopic (exact) mass is 406 g/mol. The van der Waals surface area contributed by atoms with Gasteiger partial charge in [0.25, 0.3) is 11.8 Å². The van der Waals surface area contributed by atoms with Crippen LogP contribution in [0.2, 0.25) is 10.0 Å². The number of rotatable bonds is 5. The first-order valence-corrected chi connectivity index (χ1v) is 8.80. The number of carbonyl (C=O) groups is 2. The van der Waals surface area contributed by atoms with Crippen molar-refractivity contribution in [1.29, 1.82) is 0 Å². The Morgan fingerprint density at radius 2 is 1.96 bits per heavy atom. The van der Waals surface area contributed by atoms with Gasteiger partial charge in [0.15, 0.2) is 5.69 Å². The Hall–Kier alpha value is -2.84. The Balaban J connectivity index is 1.83. The first-order chi connectivity index (χ1) is 12.9. The van der Waals surface area contributed by atoms with Gasteiger partial charge in [-0.25, -0.2) is 0 Å². The van der Waals surface area contributed by atoms with E-state index in [-0.39, 0.29) is 11.4 Å². The predicted octanol–water partition coefficient (Wildman–Crippen LogP) is 3.21. The molecule has 27 heavy (non-hydrogen) atoms. The lowest BCUT2D eigenvalue weighted by molar-refractivity contribution is 0.0958. The highest BCUT2D eigenvalue weighted by molar-refractivity contribution is 6.42. The zero-order chi connectivity index (χ0) is 19.6. The maximum absolute atomic E-state index is 12.5. The largest absolute Gasteiger partial charge is 0.354 e. The number of aromatic amines is 1. The smallest absolute Gasteiger partial charge is 0.273 e. The average Bonchev–Trinajstić information content (AvgIpc) is 3.30. The van der Waals surface area contributed by atoms with Crippen LogP contribution in [0.3, 0.4) is 0 Å². The van der Waals surface area contributed by atoms with Gasteiger partial charge in [0.2, 0.25) is 0 Å². The van der Waals surface area contributed by atoms with E-state index in [1.807, 2.05) is 6.92 Å². The SMILES string of the molecule is CCn1cc(NC(=O)c2cc(-c3ccc(Cl)c(Cl)c3)n[nH]2)c(C(=O)NC)n1. The van der Waals surface area contributed by atoms with E-state index in [4.69, 9.17) is 23.2 Å². The second-order valence-electron chi connectivity index (χ2n) is 5.58. The summed E-state index contributed by atoms with van der Waals surface area (Å²) in [5.41, 5.74) is 1.92. The third kappa shape index (κ3) is 3.96. The summed E-state index contributed by atoms with van der Waals surface area (Å²) in [6.45, 7) is 2.44. The van der Waals surface area contributed by atoms with Crippen molar-refractivity contribution in [2.45, 2.75) is 13.5 Å². The van der Waals surface area contributed by atoms with Crippen LogP contribution in [0.1, 0.15) is 27.9 Å². The number of nitrogens with one attached hydrogen (secondary N) is 3. The topological polar surface area (TPSA) is 105 Å². The quantitative estimate of drug-likeness (QED) is 0.604. The maximum atomic E-state index is 12.5. The summed E-state index contributed by atoms with van der Waals surface area (Å²) in [5.74, 6) is -0.840. The van der Waals surface area contributed by atoms with Crippen LogP contribution in [-0.2, 0) is 6.54 Å². The van der Waals surface area contributed by atoms with E-state index in [1.165, 1.54) is 7.05 Å². The molecular weight excluding hydrogens is 391 g/mol. The average molecular weight is 407 g/mol. The van der Waals surface area contributed by atoms with Gasteiger partial charge in [-0.05, 0) is 25.1 Å². The molecule has 10 heteroatoms. The van der Waals surface area contributed by atoms with Crippen molar-refractivity contribution < 1.29 is 9.59 Å². The van der Waals surface area contributed by atoms with Crippen molar-refractivity contribution in [1.82, 2.24) is 25.3 Å². The molecule has 0 fully saturated rings. The van der Waals surface area contributed by atoms with Crippen molar-refractivity contribution in [2.75, 3.05) is 12.4 Å². The second-order valence-corrected chi connectivity index (χ2v) is 6.39. The number of hydrogen-bond donors (Lipinski definition) is 3. The Morgan fingerprint density at radius 1 is 1.19 bits per heavy atom. The van der Waals surface area contributed by atoms with Crippen molar-refractivity contribution in [3.8, 4) is 11.3 Å². The van der Waals surface area contributed by atoms with Gasteiger partial charge in [-0.3, -0.25) is 19.4 Å². The van der Waals surface area contributed by atoms with Crippen molar-refractivity contribution >= 4 is 40.7 Å². The molecular formula is C17H16Cl2N6O2. The molecule has 8 nitrogen and oxygen atoms in total. The Labute approximate surface area is 164 Å². The van der Waals surface area contributed by atoms with Crippen LogP contribution in [0.25, 0.3) is 11.3 Å². The van der Waals surface area contributed by atoms with E-state index in [0.717, 1.165) is 0 Å². The number of H-pyrrole nitrogens is 1. The summed E-state index contributed by atoms with van der Waals surface area (Å²) >= 11 is 11.9. The molecule has 0 saturated heterocycles. The number of amides is 2. The zero-order valence-corrected chi connectivity index (χ0v) is 16.0. The normalized spacial score (nSPS) is 10.7. The molecule has 140 valence electrons. The van der Waals surface area contributed by atoms with E-state index in [1.54, 1.807) is 35.1 Å². The molecule has 0 aliphatic rings. The highest BCUT2D eigenvalue weighted by Gasteiger charge is 2.19. The van der Waals surface area contributed by atoms with Gasteiger partial charge in [0.1, 0.15) is 5.69 Å². The molecule has 0 saturated carbocycles. The molecule has 3 rings (SSSR count). The van der Waals surface area contributed by atoms with Crippen molar-refractivity contribution in [3.63, 3.8) is 0 Å². The lowest BCUT2D eigenvalue weighted by Gasteiger charge is -2.02. The number of carbonyl (C=O) groups excluding carboxylic acids is 2. The third-order valence-electron chi connectivity index (χ3n) is 3.81. The molecule has 0 bridgehead atoms. The molecule has 3 aromatic rings. The molecule has 2 aromatic heterocycles. The molecule has 0 radical (unpaired) electrons. The van der Waals surface area contributed by atoms with Crippen molar-refractivity contribution in [3.05, 3.63) is 51.9 Å². The molecule has 0 spiro atoms. The molecule has 0 unspecified atom stereocenters. The van der Waals surface area contributed by atoms with Gasteiger partial charge < -0.3 is 10.6 Å². The van der Waals surface area contributed by atoms with Crippen LogP contribution < -0.4 is 10.6 Å². The first-order valence-electron chi connectivity index (χ1n) is 8.04. The van der Waals surface area contributed by atoms with Gasteiger partial charge in [0.05, 0.1) is 21.4 Å². The lowest BCUT2D eigenvalue weighted by Crippen LogP contribution is -2.21. The fourth-order valence-corrected chi connectivity index (χ4v) is 2.69. The zero-order valence-electron chi connectivity index (χ0n) is 14.5. The fourth-order valence-electron chi connectivity index (χ4n) is 2.39. The third-order valence-corrected chi connectivity index (χ3v) is 4.55. The minimum atomic E-state index is -0.449. The number of halogens is 2. The Morgan fingerprint density at radius 3 is 2.63 bits per heavy atom. The summed E-state index contributed by atoms with van der Waals surface area (Å²) < 4.78 is 1.56. The van der Waals surface area contributed by atoms with Crippen LogP contribution in [0.15, 0.2) is 30.5 Å². The van der Waals surface area contributed by atoms with Gasteiger partial charge in [-0.2, -0.15) is 10.2 Å². The molecule has 3 N–H and O–H groups in total. The molecule has 0 aliphatic heterocycles. The summed E-state index contributed by atoms with van der Waals surface area (Å²) in [6, 6.07) is 6.65. The summed E-state index contributed by atoms with van der Waals surface area (Å²) in [5, 5.41) is 17.0. The van der Waals surface area contributed by atoms with Crippen LogP contribution in [0.5, 0.6) is 0 Å². The second kappa shape index (κ2) is 7.81. The van der Waals surface area contributed by atoms with E-state index in [2.05, 4.69) is 25.9 Å². The Bertz CT molecular complexity index is 1010. The van der Waals surface area contributed by atoms with Crippen LogP contribution in [-0.4, -0.2) is 38.8 Å². The van der Waals surface area contributed by atoms with Gasteiger partial charge in [-0.1, -0.05) is 29.3 Å². The van der Waals surface area contributed by atoms with Crippen molar-refractivity contribution in [2.24, 2.45) is 0 Å². The van der Waals surface area contributed by atoms with E-state index < -0.39 is 11.8 Å². The first kappa shape index (κ1) is 18.9. The Kier molecular flexibility index (Phi) is 5.48. The minimum Gasteiger partial charge on any atom is -0.354 e. The van der Waals surface area contributed by atoms with Gasteiger partial charge in [0, 0.05) is 25.4 Å². The lowest BCUT2D eigenvalue weighted by atomic mass is 10.1. The number of hydrogen-bond acceptors (Lipinski definition) is 4. The number of aryl methyl sites for hydroxylation is 1. The fraction of sp³-hybridized carbons (Fsp3) is 0.176. The predicted molar refractivity (Wildman–Crippen MR) is 103 cm³/mol. The summed E-state index contributed by atoms with van der Waals surface area (Å²) in [7, 11) is 1.50. The number of nitrogens with zero attached hydrogens (tertiary/aromatic N) is 3. The molecule has 0 aliphatic carbocycles. The van der Waals surface area contributed by atoms with E-state index in [9.17, 15) is 9.59 Å². The highest BCUT2D eigenvalue weighted by Crippen LogP contribution is 2.28. The van der Waals surface area contributed by atoms with Gasteiger partial charge >= 0.3 is 0 Å². The minimum absolute atomic E-state index is 0.136. The molecule has 0 atom stereocenters. The van der Waals surface area contributed by atoms with Gasteiger partial charge in [-0.15, -0.1) is 0 Å². The number of anilines is 1. The summed E-state index contributed by atoms with van der Waals surface area (Å²) in [4.78, 5) is 24.5. The standard InChI is InChI=1S/C17H16Cl2N6O2/c1-3-25-8-14(15(24-25)17(27)20-2)21-16(26)13-7-12(22-23-13)9-4-5-10(18)11(19)6-9/h4-8H,3H2,1-2H3,(H,20,27)(H,21,26)(H,22,23).